The molecule has 156 valence electrons. The maximum Gasteiger partial charge on any atom is 0.416 e. The minimum absolute atomic E-state index is 0.0831. The van der Waals surface area contributed by atoms with Crippen LogP contribution in [-0.2, 0) is 23.1 Å². The van der Waals surface area contributed by atoms with Crippen LogP contribution in [0.25, 0.3) is 0 Å². The average molecular weight is 448 g/mol. The van der Waals surface area contributed by atoms with E-state index in [0.717, 1.165) is 12.1 Å². The summed E-state index contributed by atoms with van der Waals surface area (Å²) in [5, 5.41) is 9.69. The highest BCUT2D eigenvalue weighted by molar-refractivity contribution is 7.90. The highest BCUT2D eigenvalue weighted by Gasteiger charge is 2.45. The second-order valence-corrected chi connectivity index (χ2v) is 9.71. The van der Waals surface area contributed by atoms with Crippen molar-refractivity contribution < 1.29 is 22.1 Å². The van der Waals surface area contributed by atoms with Gasteiger partial charge in [-0.2, -0.15) is 18.4 Å². The van der Waals surface area contributed by atoms with E-state index in [2.05, 4.69) is 9.71 Å². The molecule has 1 aromatic carbocycles. The first-order valence-corrected chi connectivity index (χ1v) is 9.89. The lowest BCUT2D eigenvalue weighted by Gasteiger charge is -2.36. The van der Waals surface area contributed by atoms with Gasteiger partial charge in [-0.15, -0.1) is 4.72 Å². The van der Waals surface area contributed by atoms with E-state index in [0.29, 0.717) is 6.07 Å². The quantitative estimate of drug-likeness (QED) is 0.511. The molecule has 10 heteroatoms. The van der Waals surface area contributed by atoms with Crippen LogP contribution in [0.1, 0.15) is 44.0 Å². The van der Waals surface area contributed by atoms with Crippen molar-refractivity contribution >= 4 is 23.0 Å². The van der Waals surface area contributed by atoms with Crippen LogP contribution in [0.15, 0.2) is 36.5 Å². The van der Waals surface area contributed by atoms with Crippen molar-refractivity contribution in [2.24, 2.45) is 0 Å². The molecule has 0 bridgehead atoms. The lowest BCUT2D eigenvalue weighted by atomic mass is 9.83. The number of nitrogens with zero attached hydrogens (tertiary/aromatic N) is 2. The largest absolute Gasteiger partial charge is 0.598 e. The van der Waals surface area contributed by atoms with Crippen molar-refractivity contribution in [1.82, 2.24) is 9.71 Å². The van der Waals surface area contributed by atoms with Gasteiger partial charge in [0.1, 0.15) is 16.1 Å². The summed E-state index contributed by atoms with van der Waals surface area (Å²) in [6.07, 6.45) is -4.02. The molecule has 0 radical (unpaired) electrons. The third-order valence-electron chi connectivity index (χ3n) is 4.05. The fourth-order valence-corrected chi connectivity index (χ4v) is 3.57. The van der Waals surface area contributed by atoms with E-state index in [1.807, 2.05) is 6.07 Å². The molecular formula is C19H18ClF4N3OS. The summed E-state index contributed by atoms with van der Waals surface area (Å²) in [6, 6.07) is 6.66. The molecule has 0 saturated heterocycles. The normalized spacial score (nSPS) is 15.4. The van der Waals surface area contributed by atoms with Crippen LogP contribution < -0.4 is 4.72 Å². The van der Waals surface area contributed by atoms with Crippen LogP contribution >= 0.6 is 11.6 Å². The van der Waals surface area contributed by atoms with Crippen LogP contribution in [0.5, 0.6) is 0 Å². The monoisotopic (exact) mass is 447 g/mol. The SMILES string of the molecule is CC(C)(C)[S@+]([O-])N[C@](CC#N)(c1cc(F)cc(C(F)(F)F)c1)c1ccc(Cl)cn1. The van der Waals surface area contributed by atoms with E-state index in [-0.39, 0.29) is 16.3 Å². The lowest BCUT2D eigenvalue weighted by molar-refractivity contribution is -0.137. The van der Waals surface area contributed by atoms with E-state index in [1.165, 1.54) is 18.3 Å². The van der Waals surface area contributed by atoms with E-state index >= 15 is 0 Å². The van der Waals surface area contributed by atoms with Gasteiger partial charge in [-0.1, -0.05) is 11.6 Å². The van der Waals surface area contributed by atoms with Gasteiger partial charge < -0.3 is 4.55 Å². The molecule has 29 heavy (non-hydrogen) atoms. The number of nitriles is 1. The number of hydrogen-bond donors (Lipinski definition) is 1. The molecule has 0 unspecified atom stereocenters. The molecule has 0 amide bonds. The summed E-state index contributed by atoms with van der Waals surface area (Å²) in [4.78, 5) is 4.12. The molecule has 4 nitrogen and oxygen atoms in total. The molecule has 0 aliphatic heterocycles. The van der Waals surface area contributed by atoms with Gasteiger partial charge in [0.25, 0.3) is 0 Å². The van der Waals surface area contributed by atoms with E-state index < -0.39 is 45.6 Å². The summed E-state index contributed by atoms with van der Waals surface area (Å²) in [6.45, 7) is 4.94. The highest BCUT2D eigenvalue weighted by atomic mass is 35.5. The van der Waals surface area contributed by atoms with Crippen molar-refractivity contribution in [1.29, 1.82) is 5.26 Å². The number of benzene rings is 1. The molecular weight excluding hydrogens is 430 g/mol. The fraction of sp³-hybridized carbons (Fsp3) is 0.368. The predicted octanol–water partition coefficient (Wildman–Crippen LogP) is 5.10. The number of aromatic nitrogens is 1. The van der Waals surface area contributed by atoms with Gasteiger partial charge in [-0.05, 0) is 56.7 Å². The minimum Gasteiger partial charge on any atom is -0.598 e. The van der Waals surface area contributed by atoms with Crippen LogP contribution in [0, 0.1) is 17.1 Å². The van der Waals surface area contributed by atoms with Gasteiger partial charge in [0.2, 0.25) is 0 Å². The standard InChI is InChI=1S/C19H18ClF4N3OS/c1-17(2,3)29(28)27-18(6-7-25,16-5-4-14(20)11-26-16)12-8-13(19(22,23)24)10-15(21)9-12/h4-5,8-11,27H,6H2,1-3H3/t18-,29+/m1/s1. The van der Waals surface area contributed by atoms with Crippen molar-refractivity contribution in [3.8, 4) is 6.07 Å². The Labute approximate surface area is 174 Å². The molecule has 0 aliphatic rings. The zero-order valence-electron chi connectivity index (χ0n) is 15.8. The number of halogens is 5. The van der Waals surface area contributed by atoms with Crippen LogP contribution in [-0.4, -0.2) is 14.3 Å². The van der Waals surface area contributed by atoms with Crippen molar-refractivity contribution in [2.45, 2.75) is 43.7 Å². The molecule has 2 atom stereocenters. The first-order valence-electron chi connectivity index (χ1n) is 8.36. The number of rotatable bonds is 5. The van der Waals surface area contributed by atoms with Crippen molar-refractivity contribution in [2.75, 3.05) is 0 Å². The summed E-state index contributed by atoms with van der Waals surface area (Å²) < 4.78 is 68.8. The Kier molecular flexibility index (Phi) is 6.85. The molecule has 0 aliphatic carbocycles. The third kappa shape index (κ3) is 5.39. The van der Waals surface area contributed by atoms with Gasteiger partial charge in [-0.3, -0.25) is 4.98 Å². The predicted molar refractivity (Wildman–Crippen MR) is 103 cm³/mol. The smallest absolute Gasteiger partial charge is 0.416 e. The Morgan fingerprint density at radius 2 is 1.79 bits per heavy atom. The summed E-state index contributed by atoms with van der Waals surface area (Å²) in [5.74, 6) is -1.14. The summed E-state index contributed by atoms with van der Waals surface area (Å²) in [7, 11) is 0. The third-order valence-corrected chi connectivity index (χ3v) is 5.92. The Morgan fingerprint density at radius 1 is 1.17 bits per heavy atom. The van der Waals surface area contributed by atoms with Gasteiger partial charge in [0.15, 0.2) is 0 Å². The van der Waals surface area contributed by atoms with Crippen LogP contribution in [0.4, 0.5) is 17.6 Å². The van der Waals surface area contributed by atoms with Crippen LogP contribution in [0.3, 0.4) is 0 Å². The molecule has 0 spiro atoms. The Morgan fingerprint density at radius 3 is 2.28 bits per heavy atom. The number of nitrogens with one attached hydrogen (secondary N) is 1. The molecule has 1 heterocycles. The average Bonchev–Trinajstić information content (AvgIpc) is 2.59. The second-order valence-electron chi connectivity index (χ2n) is 7.31. The molecule has 2 aromatic rings. The maximum absolute atomic E-state index is 14.2. The highest BCUT2D eigenvalue weighted by Crippen LogP contribution is 2.38. The first kappa shape index (κ1) is 23.4. The molecule has 1 aromatic heterocycles. The van der Waals surface area contributed by atoms with Gasteiger partial charge in [0, 0.05) is 17.6 Å². The molecule has 2 rings (SSSR count). The van der Waals surface area contributed by atoms with E-state index in [1.54, 1.807) is 20.8 Å². The van der Waals surface area contributed by atoms with Crippen LogP contribution in [0.2, 0.25) is 5.02 Å². The Hall–Kier alpha value is -1.86. The first-order chi connectivity index (χ1) is 13.3. The molecule has 0 fully saturated rings. The summed E-state index contributed by atoms with van der Waals surface area (Å²) in [5.41, 5.74) is -3.13. The summed E-state index contributed by atoms with van der Waals surface area (Å²) >= 11 is 4.03. The van der Waals surface area contributed by atoms with E-state index in [4.69, 9.17) is 11.6 Å². The minimum atomic E-state index is -4.81. The zero-order valence-corrected chi connectivity index (χ0v) is 17.3. The zero-order chi connectivity index (χ0) is 22.0. The second kappa shape index (κ2) is 8.48. The number of alkyl halides is 3. The van der Waals surface area contributed by atoms with Gasteiger partial charge >= 0.3 is 6.18 Å². The number of pyridine rings is 1. The fourth-order valence-electron chi connectivity index (χ4n) is 2.55. The van der Waals surface area contributed by atoms with Gasteiger partial charge in [0.05, 0.1) is 28.8 Å². The maximum atomic E-state index is 14.2. The van der Waals surface area contributed by atoms with Crippen molar-refractivity contribution in [3.05, 3.63) is 64.2 Å². The molecule has 0 saturated carbocycles. The van der Waals surface area contributed by atoms with Gasteiger partial charge in [-0.25, -0.2) is 4.39 Å². The topological polar surface area (TPSA) is 71.8 Å². The van der Waals surface area contributed by atoms with Crippen molar-refractivity contribution in [3.63, 3.8) is 0 Å². The lowest BCUT2D eigenvalue weighted by Crippen LogP contribution is -2.52. The number of hydrogen-bond acceptors (Lipinski definition) is 4. The molecule has 1 N–H and O–H groups in total. The Balaban J connectivity index is 2.80. The Bertz CT molecular complexity index is 910. The van der Waals surface area contributed by atoms with E-state index in [9.17, 15) is 27.4 Å².